The molecule has 0 atom stereocenters. The monoisotopic (exact) mass is 249 g/mol. The minimum absolute atomic E-state index is 0.308. The molecule has 0 radical (unpaired) electrons. The average Bonchev–Trinajstić information content (AvgIpc) is 2.34. The molecule has 18 heavy (non-hydrogen) atoms. The summed E-state index contributed by atoms with van der Waals surface area (Å²) in [4.78, 5) is 4.28. The first-order chi connectivity index (χ1) is 8.61. The van der Waals surface area contributed by atoms with E-state index in [4.69, 9.17) is 10.5 Å². The van der Waals surface area contributed by atoms with Gasteiger partial charge in [0.05, 0.1) is 13.2 Å². The molecule has 4 nitrogen and oxygen atoms in total. The van der Waals surface area contributed by atoms with Gasteiger partial charge in [-0.25, -0.2) is 4.99 Å². The van der Waals surface area contributed by atoms with Gasteiger partial charge >= 0.3 is 0 Å². The third kappa shape index (κ3) is 5.68. The van der Waals surface area contributed by atoms with Crippen LogP contribution in [0.5, 0.6) is 0 Å². The number of aliphatic imine (C=N–C) groups is 1. The molecular formula is C14H23N3O. The summed E-state index contributed by atoms with van der Waals surface area (Å²) >= 11 is 0. The topological polar surface area (TPSA) is 59.6 Å². The van der Waals surface area contributed by atoms with Crippen molar-refractivity contribution in [2.24, 2.45) is 10.7 Å². The molecule has 0 saturated carbocycles. The lowest BCUT2D eigenvalue weighted by molar-refractivity contribution is 0.134. The van der Waals surface area contributed by atoms with Crippen LogP contribution in [0.2, 0.25) is 0 Å². The first-order valence-corrected chi connectivity index (χ1v) is 6.33. The fraction of sp³-hybridized carbons (Fsp3) is 0.500. The minimum Gasteiger partial charge on any atom is -0.377 e. The van der Waals surface area contributed by atoms with Gasteiger partial charge in [-0.15, -0.1) is 0 Å². The highest BCUT2D eigenvalue weighted by Gasteiger charge is 1.97. The number of hydrogen-bond donors (Lipinski definition) is 2. The van der Waals surface area contributed by atoms with Crippen LogP contribution in [0, 0.1) is 0 Å². The standard InChI is InChI=1S/C14H23N3O/c1-4-18-10-13-7-5-12(6-8-13)9-16-14(15)17-11(2)3/h5-8,11H,4,9-10H2,1-3H3,(H3,15,16,17). The van der Waals surface area contributed by atoms with Gasteiger partial charge in [0.1, 0.15) is 0 Å². The molecule has 1 rings (SSSR count). The fourth-order valence-electron chi connectivity index (χ4n) is 1.48. The van der Waals surface area contributed by atoms with Gasteiger partial charge in [-0.3, -0.25) is 0 Å². The molecule has 0 unspecified atom stereocenters. The molecule has 1 aromatic rings. The minimum atomic E-state index is 0.308. The molecule has 0 aliphatic rings. The molecule has 0 heterocycles. The molecule has 0 fully saturated rings. The van der Waals surface area contributed by atoms with Gasteiger partial charge in [0.25, 0.3) is 0 Å². The maximum Gasteiger partial charge on any atom is 0.189 e. The summed E-state index contributed by atoms with van der Waals surface area (Å²) in [5.41, 5.74) is 8.06. The molecule has 0 spiro atoms. The van der Waals surface area contributed by atoms with Crippen molar-refractivity contribution in [2.45, 2.75) is 40.0 Å². The molecule has 0 aromatic heterocycles. The predicted molar refractivity (Wildman–Crippen MR) is 75.4 cm³/mol. The number of benzene rings is 1. The van der Waals surface area contributed by atoms with Crippen LogP contribution in [0.15, 0.2) is 29.3 Å². The lowest BCUT2D eigenvalue weighted by Gasteiger charge is -2.08. The van der Waals surface area contributed by atoms with Crippen molar-refractivity contribution in [1.29, 1.82) is 0 Å². The van der Waals surface area contributed by atoms with Crippen molar-refractivity contribution in [3.8, 4) is 0 Å². The van der Waals surface area contributed by atoms with Crippen molar-refractivity contribution < 1.29 is 4.74 Å². The van der Waals surface area contributed by atoms with Crippen molar-refractivity contribution in [1.82, 2.24) is 5.32 Å². The number of hydrogen-bond acceptors (Lipinski definition) is 2. The Balaban J connectivity index is 2.48. The van der Waals surface area contributed by atoms with Gasteiger partial charge in [0.15, 0.2) is 5.96 Å². The van der Waals surface area contributed by atoms with Crippen LogP contribution in [-0.2, 0) is 17.9 Å². The lowest BCUT2D eigenvalue weighted by Crippen LogP contribution is -2.36. The maximum atomic E-state index is 5.74. The summed E-state index contributed by atoms with van der Waals surface area (Å²) < 4.78 is 5.34. The summed E-state index contributed by atoms with van der Waals surface area (Å²) in [5.74, 6) is 0.489. The Morgan fingerprint density at radius 2 is 1.89 bits per heavy atom. The van der Waals surface area contributed by atoms with Gasteiger partial charge in [-0.2, -0.15) is 0 Å². The zero-order valence-electron chi connectivity index (χ0n) is 11.4. The van der Waals surface area contributed by atoms with E-state index in [2.05, 4.69) is 34.6 Å². The van der Waals surface area contributed by atoms with E-state index in [1.54, 1.807) is 0 Å². The van der Waals surface area contributed by atoms with Crippen molar-refractivity contribution in [2.75, 3.05) is 6.61 Å². The van der Waals surface area contributed by atoms with Gasteiger partial charge in [-0.05, 0) is 31.9 Å². The van der Waals surface area contributed by atoms with Crippen molar-refractivity contribution >= 4 is 5.96 Å². The van der Waals surface area contributed by atoms with Crippen molar-refractivity contribution in [3.05, 3.63) is 35.4 Å². The summed E-state index contributed by atoms with van der Waals surface area (Å²) in [7, 11) is 0. The molecule has 0 aliphatic carbocycles. The maximum absolute atomic E-state index is 5.74. The van der Waals surface area contributed by atoms with E-state index >= 15 is 0 Å². The summed E-state index contributed by atoms with van der Waals surface area (Å²) in [6.07, 6.45) is 0. The second kappa shape index (κ2) is 7.71. The van der Waals surface area contributed by atoms with E-state index in [0.29, 0.717) is 25.2 Å². The van der Waals surface area contributed by atoms with Crippen molar-refractivity contribution in [3.63, 3.8) is 0 Å². The van der Waals surface area contributed by atoms with Crippen LogP contribution in [0.4, 0.5) is 0 Å². The van der Waals surface area contributed by atoms with E-state index in [9.17, 15) is 0 Å². The number of guanidine groups is 1. The Bertz CT molecular complexity index is 371. The number of nitrogens with two attached hydrogens (primary N) is 1. The zero-order chi connectivity index (χ0) is 13.4. The molecule has 4 heteroatoms. The van der Waals surface area contributed by atoms with E-state index in [0.717, 1.165) is 12.2 Å². The Labute approximate surface area is 109 Å². The first-order valence-electron chi connectivity index (χ1n) is 6.33. The number of ether oxygens (including phenoxy) is 1. The molecule has 100 valence electrons. The smallest absolute Gasteiger partial charge is 0.189 e. The van der Waals surface area contributed by atoms with Gasteiger partial charge in [0.2, 0.25) is 0 Å². The van der Waals surface area contributed by atoms with Gasteiger partial charge in [-0.1, -0.05) is 24.3 Å². The lowest BCUT2D eigenvalue weighted by atomic mass is 10.1. The third-order valence-corrected chi connectivity index (χ3v) is 2.36. The third-order valence-electron chi connectivity index (χ3n) is 2.36. The van der Waals surface area contributed by atoms with E-state index in [1.165, 1.54) is 5.56 Å². The SMILES string of the molecule is CCOCc1ccc(CN=C(N)NC(C)C)cc1. The summed E-state index contributed by atoms with van der Waals surface area (Å²) in [5, 5.41) is 3.06. The second-order valence-electron chi connectivity index (χ2n) is 4.45. The zero-order valence-corrected chi connectivity index (χ0v) is 11.4. The molecular weight excluding hydrogens is 226 g/mol. The molecule has 0 bridgehead atoms. The molecule has 0 aliphatic heterocycles. The quantitative estimate of drug-likeness (QED) is 0.599. The average molecular weight is 249 g/mol. The summed E-state index contributed by atoms with van der Waals surface area (Å²) in [6.45, 7) is 8.06. The molecule has 1 aromatic carbocycles. The van der Waals surface area contributed by atoms with Crippen LogP contribution < -0.4 is 11.1 Å². The summed E-state index contributed by atoms with van der Waals surface area (Å²) in [6, 6.07) is 8.54. The van der Waals surface area contributed by atoms with Gasteiger partial charge in [0, 0.05) is 12.6 Å². The normalized spacial score (nSPS) is 11.9. The van der Waals surface area contributed by atoms with Crippen LogP contribution in [-0.4, -0.2) is 18.6 Å². The predicted octanol–water partition coefficient (Wildman–Crippen LogP) is 2.04. The van der Waals surface area contributed by atoms with E-state index in [-0.39, 0.29) is 0 Å². The highest BCUT2D eigenvalue weighted by atomic mass is 16.5. The van der Waals surface area contributed by atoms with Crippen LogP contribution in [0.3, 0.4) is 0 Å². The highest BCUT2D eigenvalue weighted by molar-refractivity contribution is 5.78. The molecule has 3 N–H and O–H groups in total. The number of nitrogens with one attached hydrogen (secondary N) is 1. The Hall–Kier alpha value is -1.55. The Morgan fingerprint density at radius 1 is 1.28 bits per heavy atom. The highest BCUT2D eigenvalue weighted by Crippen LogP contribution is 2.06. The number of nitrogens with zero attached hydrogens (tertiary/aromatic N) is 1. The first kappa shape index (κ1) is 14.5. The Morgan fingerprint density at radius 3 is 2.44 bits per heavy atom. The van der Waals surface area contributed by atoms with E-state index in [1.807, 2.05) is 20.8 Å². The molecule has 0 saturated heterocycles. The van der Waals surface area contributed by atoms with Gasteiger partial charge < -0.3 is 15.8 Å². The second-order valence-corrected chi connectivity index (χ2v) is 4.45. The molecule has 0 amide bonds. The number of rotatable bonds is 6. The van der Waals surface area contributed by atoms with Crippen LogP contribution in [0.25, 0.3) is 0 Å². The Kier molecular flexibility index (Phi) is 6.22. The van der Waals surface area contributed by atoms with Crippen LogP contribution >= 0.6 is 0 Å². The largest absolute Gasteiger partial charge is 0.377 e. The fourth-order valence-corrected chi connectivity index (χ4v) is 1.48. The van der Waals surface area contributed by atoms with E-state index < -0.39 is 0 Å². The van der Waals surface area contributed by atoms with Crippen LogP contribution in [0.1, 0.15) is 31.9 Å².